The molecule has 4 nitrogen and oxygen atoms in total. The molecular weight excluding hydrogens is 547 g/mol. The molecule has 33 heavy (non-hydrogen) atoms. The van der Waals surface area contributed by atoms with Gasteiger partial charge in [0.1, 0.15) is 11.4 Å². The second kappa shape index (κ2) is 9.42. The molecule has 0 radical (unpaired) electrons. The normalized spacial score (nSPS) is 13.4. The Morgan fingerprint density at radius 2 is 1.52 bits per heavy atom. The first-order valence-electron chi connectivity index (χ1n) is 9.86. The lowest BCUT2D eigenvalue weighted by atomic mass is 9.80. The average molecular weight is 564 g/mol. The van der Waals surface area contributed by atoms with Gasteiger partial charge in [-0.15, -0.1) is 0 Å². The molecule has 1 N–H and O–H groups in total. The molecule has 0 aliphatic rings. The van der Waals surface area contributed by atoms with Crippen LogP contribution in [0.4, 0.5) is 23.5 Å². The first-order chi connectivity index (χ1) is 15.8. The summed E-state index contributed by atoms with van der Waals surface area (Å²) >= 11 is 2.09. The smallest absolute Gasteiger partial charge is 0.339 e. The summed E-state index contributed by atoms with van der Waals surface area (Å²) in [7, 11) is 0. The predicted octanol–water partition coefficient (Wildman–Crippen LogP) is 6.23. The van der Waals surface area contributed by atoms with E-state index in [0.29, 0.717) is 11.8 Å². The maximum absolute atomic E-state index is 14.6. The van der Waals surface area contributed by atoms with E-state index in [0.717, 1.165) is 21.3 Å². The Morgan fingerprint density at radius 1 is 0.818 bits per heavy atom. The summed E-state index contributed by atoms with van der Waals surface area (Å²) in [5.74, 6) is -0.829. The Hall–Kier alpha value is -3.08. The van der Waals surface area contributed by atoms with Crippen LogP contribution in [0.2, 0.25) is 0 Å². The first kappa shape index (κ1) is 23.1. The standard InChI is InChI=1S/C24H17F4IN4/c25-19-12-17(11-18(13-19)24(26,27)28)23(14-16-5-2-1-3-6-16,21-8-7-20(29)15-32-21)33-22-30-9-4-10-31-22/h1-13,15H,14H2,(H,30,31,33). The summed E-state index contributed by atoms with van der Waals surface area (Å²) < 4.78 is 56.3. The molecule has 0 spiro atoms. The number of nitrogens with zero attached hydrogens (tertiary/aromatic N) is 3. The fourth-order valence-electron chi connectivity index (χ4n) is 3.61. The van der Waals surface area contributed by atoms with E-state index in [2.05, 4.69) is 42.9 Å². The molecule has 0 saturated carbocycles. The Morgan fingerprint density at radius 3 is 2.15 bits per heavy atom. The van der Waals surface area contributed by atoms with Crippen molar-refractivity contribution < 1.29 is 17.6 Å². The van der Waals surface area contributed by atoms with Gasteiger partial charge in [0.05, 0.1) is 11.3 Å². The van der Waals surface area contributed by atoms with Gasteiger partial charge in [0.15, 0.2) is 0 Å². The van der Waals surface area contributed by atoms with Crippen molar-refractivity contribution in [3.63, 3.8) is 0 Å². The molecule has 2 aromatic carbocycles. The van der Waals surface area contributed by atoms with Crippen molar-refractivity contribution in [1.29, 1.82) is 0 Å². The van der Waals surface area contributed by atoms with Crippen molar-refractivity contribution in [1.82, 2.24) is 15.0 Å². The lowest BCUT2D eigenvalue weighted by Gasteiger charge is -2.36. The molecule has 168 valence electrons. The monoisotopic (exact) mass is 564 g/mol. The third kappa shape index (κ3) is 5.29. The van der Waals surface area contributed by atoms with E-state index in [1.54, 1.807) is 24.4 Å². The number of rotatable bonds is 6. The zero-order valence-corrected chi connectivity index (χ0v) is 19.2. The van der Waals surface area contributed by atoms with Gasteiger partial charge < -0.3 is 5.32 Å². The van der Waals surface area contributed by atoms with Crippen LogP contribution in [0.15, 0.2) is 85.3 Å². The summed E-state index contributed by atoms with van der Waals surface area (Å²) in [6.07, 6.45) is 0.0685. The van der Waals surface area contributed by atoms with E-state index in [9.17, 15) is 17.6 Å². The van der Waals surface area contributed by atoms with Crippen molar-refractivity contribution in [2.24, 2.45) is 0 Å². The molecular formula is C24H17F4IN4. The maximum Gasteiger partial charge on any atom is 0.416 e. The van der Waals surface area contributed by atoms with Gasteiger partial charge in [0.25, 0.3) is 0 Å². The second-order valence-corrected chi connectivity index (χ2v) is 8.60. The third-order valence-electron chi connectivity index (χ3n) is 5.09. The third-order valence-corrected chi connectivity index (χ3v) is 5.72. The fourth-order valence-corrected chi connectivity index (χ4v) is 3.92. The van der Waals surface area contributed by atoms with Gasteiger partial charge in [-0.2, -0.15) is 13.2 Å². The van der Waals surface area contributed by atoms with Gasteiger partial charge in [-0.25, -0.2) is 14.4 Å². The maximum atomic E-state index is 14.6. The lowest BCUT2D eigenvalue weighted by Crippen LogP contribution is -2.41. The highest BCUT2D eigenvalue weighted by Crippen LogP contribution is 2.39. The van der Waals surface area contributed by atoms with Gasteiger partial charge in [-0.05, 0) is 70.1 Å². The Balaban J connectivity index is 2.00. The van der Waals surface area contributed by atoms with Gasteiger partial charge in [0, 0.05) is 28.6 Å². The molecule has 4 rings (SSSR count). The first-order valence-corrected chi connectivity index (χ1v) is 10.9. The van der Waals surface area contributed by atoms with Crippen LogP contribution >= 0.6 is 22.6 Å². The van der Waals surface area contributed by atoms with Crippen molar-refractivity contribution in [2.45, 2.75) is 18.1 Å². The van der Waals surface area contributed by atoms with Crippen molar-refractivity contribution >= 4 is 28.5 Å². The predicted molar refractivity (Wildman–Crippen MR) is 125 cm³/mol. The Bertz CT molecular complexity index is 1180. The molecule has 4 aromatic rings. The summed E-state index contributed by atoms with van der Waals surface area (Å²) in [5.41, 5.74) is -1.22. The number of benzene rings is 2. The Kier molecular flexibility index (Phi) is 6.59. The molecule has 2 heterocycles. The van der Waals surface area contributed by atoms with E-state index in [1.807, 2.05) is 30.3 Å². The largest absolute Gasteiger partial charge is 0.416 e. The minimum absolute atomic E-state index is 0.0554. The van der Waals surface area contributed by atoms with Gasteiger partial charge in [0.2, 0.25) is 5.95 Å². The zero-order chi connectivity index (χ0) is 23.5. The topological polar surface area (TPSA) is 50.7 Å². The van der Waals surface area contributed by atoms with Crippen molar-refractivity contribution in [3.8, 4) is 0 Å². The van der Waals surface area contributed by atoms with E-state index in [1.165, 1.54) is 12.4 Å². The molecule has 0 aliphatic carbocycles. The summed E-state index contributed by atoms with van der Waals surface area (Å²) in [5, 5.41) is 3.18. The summed E-state index contributed by atoms with van der Waals surface area (Å²) in [4.78, 5) is 12.9. The van der Waals surface area contributed by atoms with Crippen LogP contribution in [0.1, 0.15) is 22.4 Å². The number of halogens is 5. The van der Waals surface area contributed by atoms with Crippen LogP contribution in [0.3, 0.4) is 0 Å². The van der Waals surface area contributed by atoms with E-state index in [-0.39, 0.29) is 17.9 Å². The van der Waals surface area contributed by atoms with Gasteiger partial charge >= 0.3 is 6.18 Å². The van der Waals surface area contributed by atoms with E-state index in [4.69, 9.17) is 0 Å². The quantitative estimate of drug-likeness (QED) is 0.223. The van der Waals surface area contributed by atoms with Crippen molar-refractivity contribution in [2.75, 3.05) is 5.32 Å². The molecule has 1 atom stereocenters. The number of hydrogen-bond acceptors (Lipinski definition) is 4. The minimum Gasteiger partial charge on any atom is -0.339 e. The SMILES string of the molecule is Fc1cc(C(F)(F)F)cc(C(Cc2ccccc2)(Nc2ncccn2)c2ccc(I)cn2)c1. The number of pyridine rings is 1. The number of aromatic nitrogens is 3. The molecule has 0 saturated heterocycles. The van der Waals surface area contributed by atoms with Crippen LogP contribution in [-0.4, -0.2) is 15.0 Å². The molecule has 0 bridgehead atoms. The van der Waals surface area contributed by atoms with Crippen LogP contribution in [0.25, 0.3) is 0 Å². The highest BCUT2D eigenvalue weighted by Gasteiger charge is 2.40. The molecule has 0 fully saturated rings. The number of nitrogens with one attached hydrogen (secondary N) is 1. The zero-order valence-electron chi connectivity index (χ0n) is 17.0. The van der Waals surface area contributed by atoms with Gasteiger partial charge in [-0.1, -0.05) is 30.3 Å². The van der Waals surface area contributed by atoms with Crippen LogP contribution in [0, 0.1) is 9.39 Å². The molecule has 9 heteroatoms. The van der Waals surface area contributed by atoms with Gasteiger partial charge in [-0.3, -0.25) is 4.98 Å². The number of alkyl halides is 3. The molecule has 0 aliphatic heterocycles. The number of anilines is 1. The molecule has 0 amide bonds. The average Bonchev–Trinajstić information content (AvgIpc) is 2.79. The minimum atomic E-state index is -4.72. The number of hydrogen-bond donors (Lipinski definition) is 1. The van der Waals surface area contributed by atoms with Crippen LogP contribution < -0.4 is 5.32 Å². The molecule has 2 aromatic heterocycles. The summed E-state index contributed by atoms with van der Waals surface area (Å²) in [6.45, 7) is 0. The molecule has 1 unspecified atom stereocenters. The fraction of sp³-hybridized carbons (Fsp3) is 0.125. The van der Waals surface area contributed by atoms with Crippen LogP contribution in [-0.2, 0) is 18.1 Å². The van der Waals surface area contributed by atoms with E-state index >= 15 is 0 Å². The lowest BCUT2D eigenvalue weighted by molar-refractivity contribution is -0.137. The summed E-state index contributed by atoms with van der Waals surface area (Å²) in [6, 6.07) is 16.8. The van der Waals surface area contributed by atoms with Crippen LogP contribution in [0.5, 0.6) is 0 Å². The highest BCUT2D eigenvalue weighted by molar-refractivity contribution is 14.1. The second-order valence-electron chi connectivity index (χ2n) is 7.35. The van der Waals surface area contributed by atoms with Crippen molar-refractivity contribution in [3.05, 3.63) is 117 Å². The Labute approximate surface area is 201 Å². The highest BCUT2D eigenvalue weighted by atomic mass is 127. The van der Waals surface area contributed by atoms with E-state index < -0.39 is 23.1 Å².